The molecule has 6 rings (SSSR count). The molecule has 3 heterocycles. The van der Waals surface area contributed by atoms with Crippen LogP contribution in [-0.4, -0.2) is 41.4 Å². The SMILES string of the molecule is CC(C)(C)N(C(=O)O)C1(c2ccc(-c3nnc4n3-c3cc(Br)cnc3Nc3ccccc3-4)cc2)CCC1. The third-order valence-electron chi connectivity index (χ3n) is 7.31. The molecule has 8 nitrogen and oxygen atoms in total. The smallest absolute Gasteiger partial charge is 0.408 e. The van der Waals surface area contributed by atoms with E-state index in [-0.39, 0.29) is 0 Å². The summed E-state index contributed by atoms with van der Waals surface area (Å²) in [6.45, 7) is 5.86. The number of amides is 1. The first-order valence-electron chi connectivity index (χ1n) is 12.3. The van der Waals surface area contributed by atoms with Crippen molar-refractivity contribution in [3.05, 3.63) is 70.8 Å². The molecule has 2 N–H and O–H groups in total. The molecule has 1 aliphatic carbocycles. The average molecular weight is 559 g/mol. The lowest BCUT2D eigenvalue weighted by Crippen LogP contribution is -2.60. The quantitative estimate of drug-likeness (QED) is 0.248. The first-order chi connectivity index (χ1) is 17.7. The standard InChI is InChI=1S/C28H27BrN6O2/c1-27(2,3)35(26(36)37)28(13-6-14-28)18-11-9-17(10-12-18)24-32-33-25-20-7-4-5-8-21(20)31-23-22(34(24)25)15-19(29)16-30-23/h4-5,7-12,15-16H,6,13-14H2,1-3H3,(H,30,31)(H,36,37). The summed E-state index contributed by atoms with van der Waals surface area (Å²) in [6.07, 6.45) is 3.50. The minimum absolute atomic E-state index is 0.514. The van der Waals surface area contributed by atoms with Gasteiger partial charge in [-0.2, -0.15) is 0 Å². The molecule has 1 saturated carbocycles. The van der Waals surface area contributed by atoms with Gasteiger partial charge >= 0.3 is 6.09 Å². The van der Waals surface area contributed by atoms with Crippen LogP contribution in [0.1, 0.15) is 45.6 Å². The molecule has 2 aromatic heterocycles. The van der Waals surface area contributed by atoms with Crippen LogP contribution < -0.4 is 5.32 Å². The molecule has 0 radical (unpaired) electrons. The van der Waals surface area contributed by atoms with Gasteiger partial charge in [0.2, 0.25) is 0 Å². The molecule has 9 heteroatoms. The highest BCUT2D eigenvalue weighted by Gasteiger charge is 2.50. The topological polar surface area (TPSA) is 96.2 Å². The van der Waals surface area contributed by atoms with Crippen LogP contribution >= 0.6 is 15.9 Å². The number of nitrogens with zero attached hydrogens (tertiary/aromatic N) is 5. The highest BCUT2D eigenvalue weighted by atomic mass is 79.9. The Morgan fingerprint density at radius 2 is 1.78 bits per heavy atom. The Morgan fingerprint density at radius 1 is 1.08 bits per heavy atom. The third kappa shape index (κ3) is 3.71. The highest BCUT2D eigenvalue weighted by molar-refractivity contribution is 9.10. The summed E-state index contributed by atoms with van der Waals surface area (Å²) in [5, 5.41) is 22.8. The van der Waals surface area contributed by atoms with Gasteiger partial charge in [-0.05, 0) is 79.7 Å². The predicted molar refractivity (Wildman–Crippen MR) is 146 cm³/mol. The fraction of sp³-hybridized carbons (Fsp3) is 0.286. The molecular weight excluding hydrogens is 532 g/mol. The number of pyridine rings is 1. The molecular formula is C28H27BrN6O2. The maximum atomic E-state index is 12.3. The second-order valence-electron chi connectivity index (χ2n) is 10.6. The number of hydrogen-bond acceptors (Lipinski definition) is 5. The van der Waals surface area contributed by atoms with E-state index in [1.54, 1.807) is 11.1 Å². The van der Waals surface area contributed by atoms with Crippen LogP contribution in [0.15, 0.2) is 65.3 Å². The Morgan fingerprint density at radius 3 is 2.43 bits per heavy atom. The maximum absolute atomic E-state index is 12.3. The number of para-hydroxylation sites is 1. The Hall–Kier alpha value is -3.72. The Balaban J connectivity index is 1.48. The van der Waals surface area contributed by atoms with E-state index in [2.05, 4.69) is 36.4 Å². The van der Waals surface area contributed by atoms with Gasteiger partial charge in [0, 0.05) is 27.3 Å². The van der Waals surface area contributed by atoms with Crippen LogP contribution in [-0.2, 0) is 5.54 Å². The summed E-state index contributed by atoms with van der Waals surface area (Å²) >= 11 is 3.56. The minimum atomic E-state index is -0.889. The van der Waals surface area contributed by atoms with Crippen LogP contribution in [0.4, 0.5) is 16.3 Å². The van der Waals surface area contributed by atoms with Crippen molar-refractivity contribution in [2.45, 2.75) is 51.1 Å². The lowest BCUT2D eigenvalue weighted by molar-refractivity contribution is -0.0328. The van der Waals surface area contributed by atoms with Crippen LogP contribution in [0, 0.1) is 0 Å². The van der Waals surface area contributed by atoms with Crippen molar-refractivity contribution in [2.24, 2.45) is 0 Å². The van der Waals surface area contributed by atoms with E-state index in [0.29, 0.717) is 11.6 Å². The minimum Gasteiger partial charge on any atom is -0.465 e. The van der Waals surface area contributed by atoms with Crippen molar-refractivity contribution < 1.29 is 9.90 Å². The maximum Gasteiger partial charge on any atom is 0.408 e. The monoisotopic (exact) mass is 558 g/mol. The van der Waals surface area contributed by atoms with Crippen LogP contribution in [0.5, 0.6) is 0 Å². The average Bonchev–Trinajstić information content (AvgIpc) is 3.21. The summed E-state index contributed by atoms with van der Waals surface area (Å²) < 4.78 is 2.88. The van der Waals surface area contributed by atoms with Crippen molar-refractivity contribution in [1.29, 1.82) is 0 Å². The summed E-state index contributed by atoms with van der Waals surface area (Å²) in [5.41, 5.74) is 3.54. The lowest BCUT2D eigenvalue weighted by Gasteiger charge is -2.54. The van der Waals surface area contributed by atoms with Crippen LogP contribution in [0.2, 0.25) is 0 Å². The van der Waals surface area contributed by atoms with Crippen molar-refractivity contribution >= 4 is 33.5 Å². The molecule has 1 aliphatic heterocycles. The number of aromatic nitrogens is 4. The molecule has 188 valence electrons. The number of fused-ring (bicyclic) bond motifs is 5. The fourth-order valence-corrected chi connectivity index (χ4v) is 6.00. The normalized spacial score (nSPS) is 15.4. The molecule has 0 saturated heterocycles. The second kappa shape index (κ2) is 8.41. The summed E-state index contributed by atoms with van der Waals surface area (Å²) in [6, 6.07) is 18.1. The molecule has 1 fully saturated rings. The van der Waals surface area contributed by atoms with Crippen molar-refractivity contribution in [3.63, 3.8) is 0 Å². The van der Waals surface area contributed by atoms with E-state index in [4.69, 9.17) is 0 Å². The van der Waals surface area contributed by atoms with E-state index in [1.165, 1.54) is 0 Å². The molecule has 0 atom stereocenters. The van der Waals surface area contributed by atoms with Gasteiger partial charge in [-0.3, -0.25) is 9.47 Å². The van der Waals surface area contributed by atoms with Crippen molar-refractivity contribution in [3.8, 4) is 28.5 Å². The van der Waals surface area contributed by atoms with Gasteiger partial charge in [-0.15, -0.1) is 10.2 Å². The molecule has 1 amide bonds. The number of nitrogens with one attached hydrogen (secondary N) is 1. The molecule has 4 aromatic rings. The molecule has 0 spiro atoms. The third-order valence-corrected chi connectivity index (χ3v) is 7.74. The largest absolute Gasteiger partial charge is 0.465 e. The summed E-state index contributed by atoms with van der Waals surface area (Å²) in [5.74, 6) is 2.12. The molecule has 37 heavy (non-hydrogen) atoms. The Kier molecular flexibility index (Phi) is 5.38. The summed E-state index contributed by atoms with van der Waals surface area (Å²) in [4.78, 5) is 18.6. The van der Waals surface area contributed by atoms with Crippen molar-refractivity contribution in [2.75, 3.05) is 5.32 Å². The summed E-state index contributed by atoms with van der Waals surface area (Å²) in [7, 11) is 0. The first-order valence-corrected chi connectivity index (χ1v) is 13.1. The van der Waals surface area contributed by atoms with Gasteiger partial charge in [0.05, 0.1) is 16.9 Å². The second-order valence-corrected chi connectivity index (χ2v) is 11.5. The Labute approximate surface area is 223 Å². The Bertz CT molecular complexity index is 1520. The number of benzene rings is 2. The number of carbonyl (C=O) groups is 1. The molecule has 0 bridgehead atoms. The van der Waals surface area contributed by atoms with E-state index in [9.17, 15) is 9.90 Å². The molecule has 2 aliphatic rings. The zero-order valence-electron chi connectivity index (χ0n) is 20.9. The van der Waals surface area contributed by atoms with E-state index >= 15 is 0 Å². The lowest BCUT2D eigenvalue weighted by atomic mass is 9.69. The number of carboxylic acid groups (broad SMARTS) is 1. The zero-order valence-corrected chi connectivity index (χ0v) is 22.5. The zero-order chi connectivity index (χ0) is 25.9. The highest BCUT2D eigenvalue weighted by Crippen LogP contribution is 2.50. The molecule has 2 aromatic carbocycles. The number of hydrogen-bond donors (Lipinski definition) is 2. The predicted octanol–water partition coefficient (Wildman–Crippen LogP) is 6.97. The number of halogens is 1. The van der Waals surface area contributed by atoms with Gasteiger partial charge in [-0.25, -0.2) is 9.78 Å². The first kappa shape index (κ1) is 23.7. The fourth-order valence-electron chi connectivity index (χ4n) is 5.68. The van der Waals surface area contributed by atoms with Crippen LogP contribution in [0.25, 0.3) is 28.5 Å². The van der Waals surface area contributed by atoms with E-state index < -0.39 is 17.2 Å². The van der Waals surface area contributed by atoms with E-state index in [0.717, 1.165) is 57.6 Å². The van der Waals surface area contributed by atoms with Gasteiger partial charge in [-0.1, -0.05) is 36.4 Å². The van der Waals surface area contributed by atoms with Gasteiger partial charge in [0.1, 0.15) is 0 Å². The van der Waals surface area contributed by atoms with Gasteiger partial charge in [0.25, 0.3) is 0 Å². The van der Waals surface area contributed by atoms with Crippen LogP contribution in [0.3, 0.4) is 0 Å². The van der Waals surface area contributed by atoms with Gasteiger partial charge in [0.15, 0.2) is 17.5 Å². The number of rotatable bonds is 3. The van der Waals surface area contributed by atoms with Crippen molar-refractivity contribution in [1.82, 2.24) is 24.6 Å². The molecule has 0 unspecified atom stereocenters. The number of anilines is 2. The van der Waals surface area contributed by atoms with Gasteiger partial charge < -0.3 is 10.4 Å². The van der Waals surface area contributed by atoms with E-state index in [1.807, 2.05) is 79.9 Å².